The molecular formula is C22H23BrF3N3O2S. The number of benzene rings is 1. The average Bonchev–Trinajstić information content (AvgIpc) is 2.83. The summed E-state index contributed by atoms with van der Waals surface area (Å²) in [5, 5.41) is 0. The highest BCUT2D eigenvalue weighted by atomic mass is 79.9. The highest BCUT2D eigenvalue weighted by Gasteiger charge is 2.51. The molecule has 0 spiro atoms. The molecule has 3 amide bonds. The number of imide groups is 1. The van der Waals surface area contributed by atoms with Crippen LogP contribution in [0.5, 0.6) is 0 Å². The van der Waals surface area contributed by atoms with E-state index in [1.54, 1.807) is 26.1 Å². The summed E-state index contributed by atoms with van der Waals surface area (Å²) < 4.78 is 38.6. The number of halogens is 4. The smallest absolute Gasteiger partial charge is 0.305 e. The summed E-state index contributed by atoms with van der Waals surface area (Å²) in [6.07, 6.45) is 2.45. The van der Waals surface area contributed by atoms with Crippen molar-refractivity contribution < 1.29 is 22.8 Å². The van der Waals surface area contributed by atoms with Gasteiger partial charge in [0.1, 0.15) is 5.54 Å². The third-order valence-electron chi connectivity index (χ3n) is 5.12. The third-order valence-corrected chi connectivity index (χ3v) is 6.83. The number of nitrogens with zero attached hydrogens (tertiary/aromatic N) is 3. The Labute approximate surface area is 197 Å². The lowest BCUT2D eigenvalue weighted by Crippen LogP contribution is -2.43. The number of pyridine rings is 1. The molecule has 32 heavy (non-hydrogen) atoms. The molecule has 1 fully saturated rings. The van der Waals surface area contributed by atoms with E-state index in [-0.39, 0.29) is 28.9 Å². The normalized spacial score (nSPS) is 16.4. The highest BCUT2D eigenvalue weighted by Crippen LogP contribution is 2.39. The van der Waals surface area contributed by atoms with Crippen molar-refractivity contribution in [3.05, 3.63) is 52.3 Å². The van der Waals surface area contributed by atoms with E-state index in [0.717, 1.165) is 27.1 Å². The van der Waals surface area contributed by atoms with E-state index in [1.807, 2.05) is 0 Å². The number of carbonyl (C=O) groups is 2. The summed E-state index contributed by atoms with van der Waals surface area (Å²) in [5.41, 5.74) is -3.61. The van der Waals surface area contributed by atoms with E-state index >= 15 is 0 Å². The van der Waals surface area contributed by atoms with Crippen LogP contribution in [-0.2, 0) is 17.8 Å². The monoisotopic (exact) mass is 529 g/mol. The van der Waals surface area contributed by atoms with Crippen LogP contribution in [0.1, 0.15) is 39.0 Å². The molecule has 0 aliphatic carbocycles. The summed E-state index contributed by atoms with van der Waals surface area (Å²) in [6.45, 7) is 7.67. The van der Waals surface area contributed by atoms with E-state index in [0.29, 0.717) is 5.92 Å². The van der Waals surface area contributed by atoms with Crippen LogP contribution in [0.4, 0.5) is 23.7 Å². The SMILES string of the molecule is CC(C)Cc1nccc(CN2C(=O)N(c3ccc(SC(F)(F)F)cc3)C(=O)C2(C)C)c1Br. The molecule has 2 heterocycles. The lowest BCUT2D eigenvalue weighted by Gasteiger charge is -2.28. The van der Waals surface area contributed by atoms with Gasteiger partial charge in [0.25, 0.3) is 5.91 Å². The number of alkyl halides is 3. The molecule has 172 valence electrons. The minimum Gasteiger partial charge on any atom is -0.305 e. The standard InChI is InChI=1S/C22H23BrF3N3O2S/c1-13(2)11-17-18(23)14(9-10-27-17)12-28-20(31)29(19(30)21(28,3)4)15-5-7-16(8-6-15)32-22(24,25)26/h5-10,13H,11-12H2,1-4H3. The Hall–Kier alpha value is -2.07. The number of hydrogen-bond donors (Lipinski definition) is 0. The Bertz CT molecular complexity index is 1030. The fourth-order valence-electron chi connectivity index (χ4n) is 3.48. The highest BCUT2D eigenvalue weighted by molar-refractivity contribution is 9.10. The van der Waals surface area contributed by atoms with Crippen molar-refractivity contribution in [3.63, 3.8) is 0 Å². The number of amides is 3. The number of hydrogen-bond acceptors (Lipinski definition) is 4. The molecule has 1 aliphatic rings. The molecule has 2 aromatic rings. The number of carbonyl (C=O) groups excluding carboxylic acids is 2. The predicted octanol–water partition coefficient (Wildman–Crippen LogP) is 6.40. The molecule has 0 unspecified atom stereocenters. The van der Waals surface area contributed by atoms with Crippen molar-refractivity contribution in [1.29, 1.82) is 0 Å². The van der Waals surface area contributed by atoms with Gasteiger partial charge in [-0.05, 0) is 89.8 Å². The van der Waals surface area contributed by atoms with Gasteiger partial charge in [0.2, 0.25) is 0 Å². The van der Waals surface area contributed by atoms with Gasteiger partial charge in [-0.3, -0.25) is 9.78 Å². The quantitative estimate of drug-likeness (QED) is 0.320. The van der Waals surface area contributed by atoms with Crippen LogP contribution >= 0.6 is 27.7 Å². The largest absolute Gasteiger partial charge is 0.446 e. The summed E-state index contributed by atoms with van der Waals surface area (Å²) >= 11 is 3.34. The van der Waals surface area contributed by atoms with Crippen LogP contribution in [0.25, 0.3) is 0 Å². The Morgan fingerprint density at radius 2 is 1.75 bits per heavy atom. The van der Waals surface area contributed by atoms with Crippen molar-refractivity contribution in [2.45, 2.75) is 56.6 Å². The molecule has 10 heteroatoms. The molecule has 0 saturated carbocycles. The van der Waals surface area contributed by atoms with Gasteiger partial charge < -0.3 is 4.90 Å². The minimum atomic E-state index is -4.41. The minimum absolute atomic E-state index is 0.0186. The topological polar surface area (TPSA) is 53.5 Å². The fraction of sp³-hybridized carbons (Fsp3) is 0.409. The zero-order valence-electron chi connectivity index (χ0n) is 18.0. The van der Waals surface area contributed by atoms with Gasteiger partial charge in [-0.1, -0.05) is 13.8 Å². The van der Waals surface area contributed by atoms with Gasteiger partial charge in [-0.15, -0.1) is 0 Å². The molecule has 0 atom stereocenters. The number of urea groups is 1. The van der Waals surface area contributed by atoms with Crippen LogP contribution in [0.2, 0.25) is 0 Å². The third kappa shape index (κ3) is 5.11. The summed E-state index contributed by atoms with van der Waals surface area (Å²) in [5.74, 6) is -0.0410. The first-order chi connectivity index (χ1) is 14.8. The molecule has 0 radical (unpaired) electrons. The maximum atomic E-state index is 13.2. The van der Waals surface area contributed by atoms with E-state index in [4.69, 9.17) is 0 Å². The Balaban J connectivity index is 1.88. The molecule has 1 aromatic carbocycles. The van der Waals surface area contributed by atoms with E-state index < -0.39 is 23.0 Å². The second kappa shape index (κ2) is 9.05. The molecule has 1 saturated heterocycles. The van der Waals surface area contributed by atoms with Gasteiger partial charge in [0.15, 0.2) is 0 Å². The van der Waals surface area contributed by atoms with Gasteiger partial charge in [-0.2, -0.15) is 13.2 Å². The first kappa shape index (κ1) is 24.6. The summed E-state index contributed by atoms with van der Waals surface area (Å²) in [6, 6.07) is 6.49. The maximum Gasteiger partial charge on any atom is 0.446 e. The second-order valence-corrected chi connectivity index (χ2v) is 10.4. The molecule has 0 N–H and O–H groups in total. The second-order valence-electron chi connectivity index (χ2n) is 8.44. The van der Waals surface area contributed by atoms with Crippen molar-refractivity contribution >= 4 is 45.3 Å². The molecule has 1 aliphatic heterocycles. The Morgan fingerprint density at radius 3 is 2.31 bits per heavy atom. The van der Waals surface area contributed by atoms with Crippen molar-refractivity contribution in [2.24, 2.45) is 5.92 Å². The van der Waals surface area contributed by atoms with Gasteiger partial charge >= 0.3 is 11.5 Å². The maximum absolute atomic E-state index is 13.2. The molecular weight excluding hydrogens is 507 g/mol. The Kier molecular flexibility index (Phi) is 6.95. The van der Waals surface area contributed by atoms with Crippen molar-refractivity contribution in [2.75, 3.05) is 4.90 Å². The zero-order chi connectivity index (χ0) is 23.8. The van der Waals surface area contributed by atoms with Crippen LogP contribution < -0.4 is 4.90 Å². The van der Waals surface area contributed by atoms with Crippen LogP contribution in [0, 0.1) is 5.92 Å². The average molecular weight is 530 g/mol. The summed E-state index contributed by atoms with van der Waals surface area (Å²) in [7, 11) is 0. The van der Waals surface area contributed by atoms with Gasteiger partial charge in [0.05, 0.1) is 11.4 Å². The van der Waals surface area contributed by atoms with E-state index in [1.165, 1.54) is 29.2 Å². The van der Waals surface area contributed by atoms with Gasteiger partial charge in [0, 0.05) is 22.1 Å². The fourth-order valence-corrected chi connectivity index (χ4v) is 4.54. The number of anilines is 1. The molecule has 5 nitrogen and oxygen atoms in total. The van der Waals surface area contributed by atoms with Crippen LogP contribution in [-0.4, -0.2) is 32.9 Å². The number of thioether (sulfide) groups is 1. The van der Waals surface area contributed by atoms with Gasteiger partial charge in [-0.25, -0.2) is 9.69 Å². The molecule has 0 bridgehead atoms. The lowest BCUT2D eigenvalue weighted by atomic mass is 10.0. The lowest BCUT2D eigenvalue weighted by molar-refractivity contribution is -0.123. The number of aromatic nitrogens is 1. The first-order valence-electron chi connectivity index (χ1n) is 9.95. The number of rotatable bonds is 6. The molecule has 3 rings (SSSR count). The molecule has 1 aromatic heterocycles. The summed E-state index contributed by atoms with van der Waals surface area (Å²) in [4.78, 5) is 33.2. The van der Waals surface area contributed by atoms with E-state index in [9.17, 15) is 22.8 Å². The predicted molar refractivity (Wildman–Crippen MR) is 121 cm³/mol. The van der Waals surface area contributed by atoms with E-state index in [2.05, 4.69) is 34.8 Å². The van der Waals surface area contributed by atoms with Crippen LogP contribution in [0.15, 0.2) is 45.9 Å². The Morgan fingerprint density at radius 1 is 1.12 bits per heavy atom. The van der Waals surface area contributed by atoms with Crippen molar-refractivity contribution in [1.82, 2.24) is 9.88 Å². The van der Waals surface area contributed by atoms with Crippen LogP contribution in [0.3, 0.4) is 0 Å². The first-order valence-corrected chi connectivity index (χ1v) is 11.6. The zero-order valence-corrected chi connectivity index (χ0v) is 20.4. The van der Waals surface area contributed by atoms with Crippen molar-refractivity contribution in [3.8, 4) is 0 Å².